The summed E-state index contributed by atoms with van der Waals surface area (Å²) in [4.78, 5) is 11.0. The van der Waals surface area contributed by atoms with Crippen LogP contribution in [0.5, 0.6) is 0 Å². The predicted octanol–water partition coefficient (Wildman–Crippen LogP) is 0.850. The molecule has 0 atom stereocenters. The number of rotatable bonds is 9. The molecule has 0 saturated carbocycles. The van der Waals surface area contributed by atoms with Crippen molar-refractivity contribution in [3.05, 3.63) is 12.2 Å². The molecule has 0 aliphatic rings. The summed E-state index contributed by atoms with van der Waals surface area (Å²) < 4.78 is 35.4. The molecule has 1 N–H and O–H groups in total. The van der Waals surface area contributed by atoms with Crippen LogP contribution in [0.2, 0.25) is 0 Å². The van der Waals surface area contributed by atoms with Crippen LogP contribution in [0.4, 0.5) is 0 Å². The first-order valence-electron chi connectivity index (χ1n) is 6.23. The first-order chi connectivity index (χ1) is 8.66. The largest absolute Gasteiger partial charge is 0.462 e. The van der Waals surface area contributed by atoms with Crippen molar-refractivity contribution in [3.63, 3.8) is 0 Å². The van der Waals surface area contributed by atoms with Crippen LogP contribution in [0, 0.1) is 0 Å². The van der Waals surface area contributed by atoms with Gasteiger partial charge >= 0.3 is 5.97 Å². The lowest BCUT2D eigenvalue weighted by Gasteiger charge is -2.29. The van der Waals surface area contributed by atoms with Gasteiger partial charge in [-0.2, -0.15) is 8.42 Å². The third-order valence-corrected chi connectivity index (χ3v) is 3.43. The molecule has 0 saturated heterocycles. The zero-order valence-electron chi connectivity index (χ0n) is 11.8. The molecule has 7 heteroatoms. The zero-order valence-corrected chi connectivity index (χ0v) is 12.6. The van der Waals surface area contributed by atoms with Crippen molar-refractivity contribution in [2.45, 2.75) is 19.8 Å². The van der Waals surface area contributed by atoms with Gasteiger partial charge in [0.15, 0.2) is 0 Å². The van der Waals surface area contributed by atoms with Crippen LogP contribution in [0.3, 0.4) is 0 Å². The van der Waals surface area contributed by atoms with Gasteiger partial charge in [0.25, 0.3) is 10.1 Å². The van der Waals surface area contributed by atoms with Gasteiger partial charge in [-0.3, -0.25) is 4.55 Å². The Kier molecular flexibility index (Phi) is 7.89. The smallest absolute Gasteiger partial charge is 0.330 e. The topological polar surface area (TPSA) is 80.7 Å². The fourth-order valence-corrected chi connectivity index (χ4v) is 2.13. The molecule has 112 valence electrons. The number of allylic oxidation sites excluding steroid dienone is 1. The maximum absolute atomic E-state index is 11.0. The van der Waals surface area contributed by atoms with Crippen molar-refractivity contribution < 1.29 is 27.0 Å². The SMILES string of the molecule is CC=CC(=O)OCCC[N+](C)(C)CCCS(=O)(=O)O. The molecular formula is C12H24NO5S+. The minimum atomic E-state index is -3.88. The third-order valence-electron chi connectivity index (χ3n) is 2.62. The third kappa shape index (κ3) is 11.9. The van der Waals surface area contributed by atoms with Crippen LogP contribution >= 0.6 is 0 Å². The highest BCUT2D eigenvalue weighted by Crippen LogP contribution is 2.03. The molecule has 0 radical (unpaired) electrons. The average Bonchev–Trinajstić information content (AvgIpc) is 2.22. The van der Waals surface area contributed by atoms with E-state index < -0.39 is 10.1 Å². The summed E-state index contributed by atoms with van der Waals surface area (Å²) in [5.74, 6) is -0.565. The van der Waals surface area contributed by atoms with Gasteiger partial charge in [0.05, 0.1) is 39.5 Å². The van der Waals surface area contributed by atoms with E-state index in [0.717, 1.165) is 6.54 Å². The van der Waals surface area contributed by atoms with E-state index in [2.05, 4.69) is 0 Å². The van der Waals surface area contributed by atoms with Gasteiger partial charge in [0, 0.05) is 18.9 Å². The Bertz CT molecular complexity index is 400. The average molecular weight is 294 g/mol. The molecular weight excluding hydrogens is 270 g/mol. The second-order valence-electron chi connectivity index (χ2n) is 5.04. The van der Waals surface area contributed by atoms with Crippen molar-refractivity contribution in [1.29, 1.82) is 0 Å². The Morgan fingerprint density at radius 2 is 1.84 bits per heavy atom. The van der Waals surface area contributed by atoms with E-state index in [1.807, 2.05) is 14.1 Å². The summed E-state index contributed by atoms with van der Waals surface area (Å²) in [6.45, 7) is 3.51. The Morgan fingerprint density at radius 1 is 1.26 bits per heavy atom. The monoisotopic (exact) mass is 294 g/mol. The van der Waals surface area contributed by atoms with Crippen LogP contribution in [0.1, 0.15) is 19.8 Å². The standard InChI is InChI=1S/C12H23NO5S/c1-4-7-12(14)18-10-5-8-13(2,3)9-6-11-19(15,16)17/h4,7H,5-6,8-11H2,1-3H3/p+1. The molecule has 0 aliphatic carbocycles. The van der Waals surface area contributed by atoms with Crippen molar-refractivity contribution in [2.75, 3.05) is 39.5 Å². The molecule has 0 spiro atoms. The number of nitrogens with zero attached hydrogens (tertiary/aromatic N) is 1. The Labute approximate surface area is 115 Å². The zero-order chi connectivity index (χ0) is 14.9. The molecule has 6 nitrogen and oxygen atoms in total. The highest BCUT2D eigenvalue weighted by Gasteiger charge is 2.16. The number of hydrogen-bond acceptors (Lipinski definition) is 4. The maximum Gasteiger partial charge on any atom is 0.330 e. The van der Waals surface area contributed by atoms with Gasteiger partial charge < -0.3 is 9.22 Å². The second kappa shape index (κ2) is 8.29. The van der Waals surface area contributed by atoms with Crippen LogP contribution in [0.15, 0.2) is 12.2 Å². The van der Waals surface area contributed by atoms with Crippen molar-refractivity contribution in [3.8, 4) is 0 Å². The first kappa shape index (κ1) is 18.1. The van der Waals surface area contributed by atoms with E-state index in [9.17, 15) is 13.2 Å². The molecule has 0 aromatic rings. The highest BCUT2D eigenvalue weighted by molar-refractivity contribution is 7.85. The molecule has 0 heterocycles. The van der Waals surface area contributed by atoms with Gasteiger partial charge in [-0.05, 0) is 6.92 Å². The van der Waals surface area contributed by atoms with E-state index in [4.69, 9.17) is 9.29 Å². The molecule has 0 unspecified atom stereocenters. The number of quaternary nitrogens is 1. The van der Waals surface area contributed by atoms with E-state index in [1.165, 1.54) is 6.08 Å². The van der Waals surface area contributed by atoms with E-state index in [0.29, 0.717) is 30.5 Å². The van der Waals surface area contributed by atoms with Crippen LogP contribution in [-0.2, 0) is 19.6 Å². The maximum atomic E-state index is 11.0. The quantitative estimate of drug-likeness (QED) is 0.224. The van der Waals surface area contributed by atoms with Gasteiger partial charge in [0.1, 0.15) is 0 Å². The molecule has 0 aromatic heterocycles. The van der Waals surface area contributed by atoms with Crippen molar-refractivity contribution in [1.82, 2.24) is 0 Å². The lowest BCUT2D eigenvalue weighted by Crippen LogP contribution is -2.42. The number of carbonyl (C=O) groups is 1. The Balaban J connectivity index is 3.81. The summed E-state index contributed by atoms with van der Waals surface area (Å²) in [5.41, 5.74) is 0. The minimum absolute atomic E-state index is 0.217. The summed E-state index contributed by atoms with van der Waals surface area (Å²) >= 11 is 0. The molecule has 0 fully saturated rings. The molecule has 0 aromatic carbocycles. The molecule has 0 aliphatic heterocycles. The number of ether oxygens (including phenoxy) is 1. The number of hydrogen-bond donors (Lipinski definition) is 1. The fourth-order valence-electron chi connectivity index (χ4n) is 1.64. The highest BCUT2D eigenvalue weighted by atomic mass is 32.2. The van der Waals surface area contributed by atoms with E-state index in [1.54, 1.807) is 13.0 Å². The van der Waals surface area contributed by atoms with Crippen molar-refractivity contribution >= 4 is 16.1 Å². The van der Waals surface area contributed by atoms with Crippen molar-refractivity contribution in [2.24, 2.45) is 0 Å². The molecule has 0 amide bonds. The normalized spacial score (nSPS) is 12.8. The van der Waals surface area contributed by atoms with Crippen LogP contribution in [0.25, 0.3) is 0 Å². The molecule has 19 heavy (non-hydrogen) atoms. The van der Waals surface area contributed by atoms with Gasteiger partial charge in [0.2, 0.25) is 0 Å². The van der Waals surface area contributed by atoms with Crippen LogP contribution in [-0.4, -0.2) is 63.0 Å². The van der Waals surface area contributed by atoms with Gasteiger partial charge in [-0.15, -0.1) is 0 Å². The van der Waals surface area contributed by atoms with E-state index >= 15 is 0 Å². The lowest BCUT2D eigenvalue weighted by atomic mass is 10.3. The molecule has 0 rings (SSSR count). The summed E-state index contributed by atoms with van der Waals surface area (Å²) in [7, 11) is 0.0638. The summed E-state index contributed by atoms with van der Waals surface area (Å²) in [6.07, 6.45) is 4.11. The number of esters is 1. The predicted molar refractivity (Wildman–Crippen MR) is 73.3 cm³/mol. The van der Waals surface area contributed by atoms with E-state index in [-0.39, 0.29) is 11.7 Å². The first-order valence-corrected chi connectivity index (χ1v) is 7.84. The fraction of sp³-hybridized carbons (Fsp3) is 0.750. The Morgan fingerprint density at radius 3 is 2.37 bits per heavy atom. The number of carbonyl (C=O) groups excluding carboxylic acids is 1. The summed E-state index contributed by atoms with van der Waals surface area (Å²) in [5, 5.41) is 0. The minimum Gasteiger partial charge on any atom is -0.462 e. The second-order valence-corrected chi connectivity index (χ2v) is 6.62. The van der Waals surface area contributed by atoms with Crippen LogP contribution < -0.4 is 0 Å². The lowest BCUT2D eigenvalue weighted by molar-refractivity contribution is -0.890. The Hall–Kier alpha value is -0.920. The van der Waals surface area contributed by atoms with Gasteiger partial charge in [-0.1, -0.05) is 6.08 Å². The summed E-state index contributed by atoms with van der Waals surface area (Å²) in [6, 6.07) is 0. The van der Waals surface area contributed by atoms with Gasteiger partial charge in [-0.25, -0.2) is 4.79 Å². The molecule has 0 bridgehead atoms.